The van der Waals surface area contributed by atoms with Gasteiger partial charge >= 0.3 is 0 Å². The fraction of sp³-hybridized carbons (Fsp3) is 0.278. The summed E-state index contributed by atoms with van der Waals surface area (Å²) in [6.45, 7) is 3.71. The van der Waals surface area contributed by atoms with Crippen molar-refractivity contribution in [3.63, 3.8) is 0 Å². The molecule has 132 valence electrons. The van der Waals surface area contributed by atoms with E-state index in [0.29, 0.717) is 17.2 Å². The first kappa shape index (κ1) is 18.3. The number of rotatable bonds is 6. The number of nitrogens with one attached hydrogen (secondary N) is 2. The molecule has 0 aliphatic rings. The lowest BCUT2D eigenvalue weighted by Gasteiger charge is -2.11. The Kier molecular flexibility index (Phi) is 5.94. The van der Waals surface area contributed by atoms with Gasteiger partial charge in [0.2, 0.25) is 0 Å². The molecule has 0 saturated heterocycles. The predicted molar refractivity (Wildman–Crippen MR) is 94.3 cm³/mol. The van der Waals surface area contributed by atoms with E-state index in [1.54, 1.807) is 36.4 Å². The number of pyridine rings is 1. The highest BCUT2D eigenvalue weighted by atomic mass is 16.5. The largest absolute Gasteiger partial charge is 0.493 e. The number of aromatic nitrogens is 1. The van der Waals surface area contributed by atoms with Crippen molar-refractivity contribution in [2.24, 2.45) is 0 Å². The highest BCUT2D eigenvalue weighted by molar-refractivity contribution is 6.04. The molecule has 1 aromatic heterocycles. The van der Waals surface area contributed by atoms with Crippen molar-refractivity contribution < 1.29 is 19.1 Å². The van der Waals surface area contributed by atoms with Crippen molar-refractivity contribution in [3.05, 3.63) is 47.8 Å². The Morgan fingerprint density at radius 1 is 0.960 bits per heavy atom. The molecule has 2 aromatic rings. The lowest BCUT2D eigenvalue weighted by atomic mass is 10.2. The Morgan fingerprint density at radius 3 is 2.20 bits per heavy atom. The van der Waals surface area contributed by atoms with E-state index in [2.05, 4.69) is 15.6 Å². The summed E-state index contributed by atoms with van der Waals surface area (Å²) in [6.07, 6.45) is 0. The van der Waals surface area contributed by atoms with Crippen LogP contribution in [-0.2, 0) is 0 Å². The minimum absolute atomic E-state index is 0.0152. The summed E-state index contributed by atoms with van der Waals surface area (Å²) in [5.41, 5.74) is 0.862. The number of amides is 2. The molecule has 0 fully saturated rings. The fourth-order valence-electron chi connectivity index (χ4n) is 2.13. The third-order valence-corrected chi connectivity index (χ3v) is 3.28. The standard InChI is InChI=1S/C18H21N3O4/c1-11(2)19-17(22)13-6-5-7-14(21-13)18(23)20-12-8-9-15(24-3)16(10-12)25-4/h5-11H,1-4H3,(H,19,22)(H,20,23). The predicted octanol–water partition coefficient (Wildman–Crippen LogP) is 2.49. The van der Waals surface area contributed by atoms with Crippen molar-refractivity contribution in [3.8, 4) is 11.5 Å². The normalized spacial score (nSPS) is 10.3. The van der Waals surface area contributed by atoms with Crippen LogP contribution < -0.4 is 20.1 Å². The summed E-state index contributed by atoms with van der Waals surface area (Å²) >= 11 is 0. The van der Waals surface area contributed by atoms with Gasteiger partial charge in [0.25, 0.3) is 11.8 Å². The van der Waals surface area contributed by atoms with Crippen molar-refractivity contribution in [2.75, 3.05) is 19.5 Å². The van der Waals surface area contributed by atoms with Crippen molar-refractivity contribution >= 4 is 17.5 Å². The van der Waals surface area contributed by atoms with Gasteiger partial charge in [-0.05, 0) is 38.1 Å². The van der Waals surface area contributed by atoms with Gasteiger partial charge in [0.05, 0.1) is 14.2 Å². The van der Waals surface area contributed by atoms with Gasteiger partial charge in [-0.3, -0.25) is 9.59 Å². The van der Waals surface area contributed by atoms with E-state index in [0.717, 1.165) is 0 Å². The van der Waals surface area contributed by atoms with Crippen LogP contribution in [-0.4, -0.2) is 37.1 Å². The first-order valence-corrected chi connectivity index (χ1v) is 7.76. The number of ether oxygens (including phenoxy) is 2. The van der Waals surface area contributed by atoms with E-state index < -0.39 is 5.91 Å². The zero-order chi connectivity index (χ0) is 18.4. The zero-order valence-electron chi connectivity index (χ0n) is 14.6. The Labute approximate surface area is 146 Å². The van der Waals surface area contributed by atoms with Gasteiger partial charge in [0.1, 0.15) is 11.4 Å². The second-order valence-corrected chi connectivity index (χ2v) is 5.56. The molecule has 7 nitrogen and oxygen atoms in total. The van der Waals surface area contributed by atoms with Gasteiger partial charge in [-0.1, -0.05) is 6.07 Å². The average Bonchev–Trinajstić information content (AvgIpc) is 2.61. The second-order valence-electron chi connectivity index (χ2n) is 5.56. The van der Waals surface area contributed by atoms with Crippen LogP contribution in [0.1, 0.15) is 34.8 Å². The topological polar surface area (TPSA) is 89.5 Å². The minimum Gasteiger partial charge on any atom is -0.493 e. The maximum atomic E-state index is 12.4. The fourth-order valence-corrected chi connectivity index (χ4v) is 2.13. The van der Waals surface area contributed by atoms with E-state index in [4.69, 9.17) is 9.47 Å². The first-order valence-electron chi connectivity index (χ1n) is 7.76. The van der Waals surface area contributed by atoms with E-state index in [-0.39, 0.29) is 23.3 Å². The van der Waals surface area contributed by atoms with Gasteiger partial charge in [-0.25, -0.2) is 4.98 Å². The maximum Gasteiger partial charge on any atom is 0.274 e. The number of methoxy groups -OCH3 is 2. The van der Waals surface area contributed by atoms with E-state index >= 15 is 0 Å². The summed E-state index contributed by atoms with van der Waals surface area (Å²) in [5.74, 6) is 0.312. The number of benzene rings is 1. The van der Waals surface area contributed by atoms with Crippen LogP contribution >= 0.6 is 0 Å². The number of anilines is 1. The van der Waals surface area contributed by atoms with Gasteiger partial charge in [0.15, 0.2) is 11.5 Å². The Bertz CT molecular complexity index is 775. The molecule has 0 aliphatic carbocycles. The highest BCUT2D eigenvalue weighted by Gasteiger charge is 2.14. The summed E-state index contributed by atoms with van der Waals surface area (Å²) in [4.78, 5) is 28.5. The highest BCUT2D eigenvalue weighted by Crippen LogP contribution is 2.29. The van der Waals surface area contributed by atoms with Crippen LogP contribution in [0.5, 0.6) is 11.5 Å². The third-order valence-electron chi connectivity index (χ3n) is 3.28. The summed E-state index contributed by atoms with van der Waals surface area (Å²) < 4.78 is 10.4. The molecule has 0 radical (unpaired) electrons. The van der Waals surface area contributed by atoms with Crippen LogP contribution in [0.15, 0.2) is 36.4 Å². The number of carbonyl (C=O) groups excluding carboxylic acids is 2. The molecule has 0 aliphatic heterocycles. The second kappa shape index (κ2) is 8.14. The first-order chi connectivity index (χ1) is 11.9. The van der Waals surface area contributed by atoms with Crippen LogP contribution in [0.25, 0.3) is 0 Å². The number of carbonyl (C=O) groups is 2. The molecule has 2 amide bonds. The molecule has 1 heterocycles. The summed E-state index contributed by atoms with van der Waals surface area (Å²) in [5, 5.41) is 5.46. The van der Waals surface area contributed by atoms with Gasteiger partial charge < -0.3 is 20.1 Å². The summed E-state index contributed by atoms with van der Waals surface area (Å²) in [6, 6.07) is 9.73. The van der Waals surface area contributed by atoms with Crippen LogP contribution in [0.3, 0.4) is 0 Å². The molecule has 0 atom stereocenters. The molecule has 2 N–H and O–H groups in total. The third kappa shape index (κ3) is 4.69. The van der Waals surface area contributed by atoms with Crippen molar-refractivity contribution in [1.29, 1.82) is 0 Å². The van der Waals surface area contributed by atoms with E-state index in [1.165, 1.54) is 14.2 Å². The van der Waals surface area contributed by atoms with Gasteiger partial charge in [0, 0.05) is 17.8 Å². The molecule has 2 rings (SSSR count). The molecule has 7 heteroatoms. The van der Waals surface area contributed by atoms with Crippen molar-refractivity contribution in [2.45, 2.75) is 19.9 Å². The smallest absolute Gasteiger partial charge is 0.274 e. The van der Waals surface area contributed by atoms with Gasteiger partial charge in [-0.2, -0.15) is 0 Å². The number of hydrogen-bond donors (Lipinski definition) is 2. The van der Waals surface area contributed by atoms with E-state index in [1.807, 2.05) is 13.8 Å². The van der Waals surface area contributed by atoms with Crippen LogP contribution in [0.4, 0.5) is 5.69 Å². The quantitative estimate of drug-likeness (QED) is 0.841. The molecule has 25 heavy (non-hydrogen) atoms. The lowest BCUT2D eigenvalue weighted by Crippen LogP contribution is -2.31. The average molecular weight is 343 g/mol. The Hall–Kier alpha value is -3.09. The van der Waals surface area contributed by atoms with E-state index in [9.17, 15) is 9.59 Å². The Morgan fingerprint density at radius 2 is 1.60 bits per heavy atom. The molecule has 1 aromatic carbocycles. The zero-order valence-corrected chi connectivity index (χ0v) is 14.6. The lowest BCUT2D eigenvalue weighted by molar-refractivity contribution is 0.0938. The molecule has 0 spiro atoms. The van der Waals surface area contributed by atoms with Crippen LogP contribution in [0, 0.1) is 0 Å². The summed E-state index contributed by atoms with van der Waals surface area (Å²) in [7, 11) is 3.05. The Balaban J connectivity index is 2.17. The van der Waals surface area contributed by atoms with Crippen molar-refractivity contribution in [1.82, 2.24) is 10.3 Å². The number of hydrogen-bond acceptors (Lipinski definition) is 5. The molecular weight excluding hydrogens is 322 g/mol. The molecule has 0 saturated carbocycles. The monoisotopic (exact) mass is 343 g/mol. The molecule has 0 unspecified atom stereocenters. The molecular formula is C18H21N3O4. The maximum absolute atomic E-state index is 12.4. The van der Waals surface area contributed by atoms with Gasteiger partial charge in [-0.15, -0.1) is 0 Å². The minimum atomic E-state index is -0.425. The van der Waals surface area contributed by atoms with Crippen LogP contribution in [0.2, 0.25) is 0 Å². The number of nitrogens with zero attached hydrogens (tertiary/aromatic N) is 1. The SMILES string of the molecule is COc1ccc(NC(=O)c2cccc(C(=O)NC(C)C)n2)cc1OC. The molecule has 0 bridgehead atoms.